The van der Waals surface area contributed by atoms with Crippen molar-refractivity contribution in [3.05, 3.63) is 123 Å². The highest BCUT2D eigenvalue weighted by Gasteiger charge is 2.44. The lowest BCUT2D eigenvalue weighted by Gasteiger charge is -2.29. The Bertz CT molecular complexity index is 1690. The highest BCUT2D eigenvalue weighted by atomic mass is 19.1. The van der Waals surface area contributed by atoms with Gasteiger partial charge >= 0.3 is 5.97 Å². The number of halogens is 1. The van der Waals surface area contributed by atoms with Gasteiger partial charge in [-0.2, -0.15) is 0 Å². The number of Topliss-reactive ketones (excluding diaryl/α,β-unsaturated/α-hetero) is 1. The lowest BCUT2D eigenvalue weighted by Crippen LogP contribution is -2.29. The summed E-state index contributed by atoms with van der Waals surface area (Å²) >= 11 is 0. The quantitative estimate of drug-likeness (QED) is 0.362. The van der Waals surface area contributed by atoms with Crippen LogP contribution in [0.15, 0.2) is 89.6 Å². The third-order valence-electron chi connectivity index (χ3n) is 7.51. The van der Waals surface area contributed by atoms with E-state index in [1.165, 1.54) is 13.2 Å². The van der Waals surface area contributed by atoms with Crippen LogP contribution in [0.1, 0.15) is 45.6 Å². The zero-order valence-corrected chi connectivity index (χ0v) is 20.8. The van der Waals surface area contributed by atoms with Crippen molar-refractivity contribution in [2.24, 2.45) is 0 Å². The summed E-state index contributed by atoms with van der Waals surface area (Å²) < 4.78 is 21.9. The van der Waals surface area contributed by atoms with Gasteiger partial charge in [0.05, 0.1) is 30.8 Å². The normalized spacial score (nSPS) is 16.6. The van der Waals surface area contributed by atoms with Crippen LogP contribution in [-0.2, 0) is 16.1 Å². The Kier molecular flexibility index (Phi) is 5.33. The standard InChI is InChI=1S/C31H25FN2O3/c1-17-25(31(36)37-3)27(28-29(33-17)20-11-5-6-12-21(20)30(28)35)26-18(2)34(24-15-9-7-13-22(24)26)16-19-10-4-8-14-23(19)32/h4-15,27,33H,16H2,1-3H3/t27-/m1/s1. The van der Waals surface area contributed by atoms with E-state index >= 15 is 0 Å². The summed E-state index contributed by atoms with van der Waals surface area (Å²) in [7, 11) is 1.35. The number of carbonyl (C=O) groups excluding carboxylic acids is 2. The second-order valence-electron chi connectivity index (χ2n) is 9.45. The number of para-hydroxylation sites is 1. The number of aromatic nitrogens is 1. The number of hydrogen-bond acceptors (Lipinski definition) is 4. The Balaban J connectivity index is 1.63. The fourth-order valence-corrected chi connectivity index (χ4v) is 5.82. The predicted molar refractivity (Wildman–Crippen MR) is 140 cm³/mol. The lowest BCUT2D eigenvalue weighted by molar-refractivity contribution is -0.136. The summed E-state index contributed by atoms with van der Waals surface area (Å²) in [5.74, 6) is -1.52. The summed E-state index contributed by atoms with van der Waals surface area (Å²) in [5.41, 5.74) is 6.91. The predicted octanol–water partition coefficient (Wildman–Crippen LogP) is 5.88. The molecule has 1 aliphatic carbocycles. The maximum absolute atomic E-state index is 14.7. The van der Waals surface area contributed by atoms with Crippen LogP contribution in [0.5, 0.6) is 0 Å². The summed E-state index contributed by atoms with van der Waals surface area (Å²) in [6.07, 6.45) is 0. The molecule has 0 amide bonds. The minimum Gasteiger partial charge on any atom is -0.466 e. The number of carbonyl (C=O) groups is 2. The van der Waals surface area contributed by atoms with Gasteiger partial charge < -0.3 is 14.6 Å². The summed E-state index contributed by atoms with van der Waals surface area (Å²) in [4.78, 5) is 27.0. The number of rotatable bonds is 4. The van der Waals surface area contributed by atoms with E-state index in [4.69, 9.17) is 4.74 Å². The number of nitrogens with one attached hydrogen (secondary N) is 1. The van der Waals surface area contributed by atoms with E-state index in [0.29, 0.717) is 34.5 Å². The van der Waals surface area contributed by atoms with E-state index in [1.807, 2.05) is 68.4 Å². The van der Waals surface area contributed by atoms with Gasteiger partial charge in [0.2, 0.25) is 0 Å². The SMILES string of the molecule is COC(=O)C1=C(C)NC2=C(C(=O)c3ccccc32)[C@H]1c1c(C)n(Cc2ccccc2F)c2ccccc12. The van der Waals surface area contributed by atoms with Crippen LogP contribution < -0.4 is 5.32 Å². The van der Waals surface area contributed by atoms with E-state index < -0.39 is 11.9 Å². The zero-order valence-electron chi connectivity index (χ0n) is 20.8. The molecule has 0 spiro atoms. The van der Waals surface area contributed by atoms with Crippen molar-refractivity contribution in [1.82, 2.24) is 9.88 Å². The van der Waals surface area contributed by atoms with E-state index in [2.05, 4.69) is 9.88 Å². The van der Waals surface area contributed by atoms with Crippen molar-refractivity contribution >= 4 is 28.4 Å². The molecule has 3 aromatic carbocycles. The van der Waals surface area contributed by atoms with Crippen LogP contribution in [0.25, 0.3) is 16.6 Å². The van der Waals surface area contributed by atoms with E-state index in [-0.39, 0.29) is 11.6 Å². The van der Waals surface area contributed by atoms with Gasteiger partial charge in [-0.25, -0.2) is 9.18 Å². The van der Waals surface area contributed by atoms with E-state index in [1.54, 1.807) is 12.1 Å². The monoisotopic (exact) mass is 492 g/mol. The number of esters is 1. The van der Waals surface area contributed by atoms with Gasteiger partial charge in [-0.1, -0.05) is 60.7 Å². The smallest absolute Gasteiger partial charge is 0.336 e. The van der Waals surface area contributed by atoms with Crippen molar-refractivity contribution < 1.29 is 18.7 Å². The van der Waals surface area contributed by atoms with Crippen LogP contribution >= 0.6 is 0 Å². The molecule has 184 valence electrons. The molecule has 0 saturated carbocycles. The molecule has 0 fully saturated rings. The number of nitrogens with zero attached hydrogens (tertiary/aromatic N) is 1. The van der Waals surface area contributed by atoms with Gasteiger partial charge in [0, 0.05) is 44.6 Å². The third kappa shape index (κ3) is 3.36. The molecule has 4 aromatic rings. The first-order chi connectivity index (χ1) is 17.9. The Labute approximate surface area is 213 Å². The average molecular weight is 493 g/mol. The summed E-state index contributed by atoms with van der Waals surface area (Å²) in [6.45, 7) is 4.12. The maximum atomic E-state index is 14.7. The third-order valence-corrected chi connectivity index (χ3v) is 7.51. The van der Waals surface area contributed by atoms with E-state index in [9.17, 15) is 14.0 Å². The molecule has 1 atom stereocenters. The largest absolute Gasteiger partial charge is 0.466 e. The van der Waals surface area contributed by atoms with Gasteiger partial charge in [0.1, 0.15) is 5.82 Å². The average Bonchev–Trinajstić information content (AvgIpc) is 3.35. The minimum absolute atomic E-state index is 0.109. The molecule has 6 rings (SSSR count). The fraction of sp³-hybridized carbons (Fsp3) is 0.161. The number of benzene rings is 3. The number of dihydropyridines is 1. The highest BCUT2D eigenvalue weighted by molar-refractivity contribution is 6.23. The molecule has 37 heavy (non-hydrogen) atoms. The van der Waals surface area contributed by atoms with Crippen molar-refractivity contribution in [2.75, 3.05) is 7.11 Å². The van der Waals surface area contributed by atoms with Crippen molar-refractivity contribution in [3.63, 3.8) is 0 Å². The number of allylic oxidation sites excluding steroid dienone is 2. The number of ether oxygens (including phenoxy) is 1. The molecular formula is C31H25FN2O3. The van der Waals surface area contributed by atoms with Crippen LogP contribution in [0.3, 0.4) is 0 Å². The molecule has 6 heteroatoms. The highest BCUT2D eigenvalue weighted by Crippen LogP contribution is 2.49. The maximum Gasteiger partial charge on any atom is 0.336 e. The molecule has 5 nitrogen and oxygen atoms in total. The number of methoxy groups -OCH3 is 1. The Morgan fingerprint density at radius 3 is 2.41 bits per heavy atom. The first kappa shape index (κ1) is 23.0. The van der Waals surface area contributed by atoms with Crippen molar-refractivity contribution in [1.29, 1.82) is 0 Å². The molecule has 1 aromatic heterocycles. The van der Waals surface area contributed by atoms with Crippen molar-refractivity contribution in [2.45, 2.75) is 26.3 Å². The summed E-state index contributed by atoms with van der Waals surface area (Å²) in [5, 5.41) is 4.24. The molecule has 0 radical (unpaired) electrons. The fourth-order valence-electron chi connectivity index (χ4n) is 5.82. The first-order valence-electron chi connectivity index (χ1n) is 12.2. The van der Waals surface area contributed by atoms with Gasteiger partial charge in [-0.15, -0.1) is 0 Å². The Morgan fingerprint density at radius 2 is 1.65 bits per heavy atom. The molecule has 0 unspecified atom stereocenters. The van der Waals surface area contributed by atoms with Crippen molar-refractivity contribution in [3.8, 4) is 0 Å². The number of fused-ring (bicyclic) bond motifs is 3. The first-order valence-corrected chi connectivity index (χ1v) is 12.2. The second-order valence-corrected chi connectivity index (χ2v) is 9.45. The molecule has 1 aliphatic heterocycles. The Morgan fingerprint density at radius 1 is 0.973 bits per heavy atom. The molecule has 2 heterocycles. The second kappa shape index (κ2) is 8.59. The molecule has 2 aliphatic rings. The summed E-state index contributed by atoms with van der Waals surface area (Å²) in [6, 6.07) is 22.1. The molecule has 0 bridgehead atoms. The van der Waals surface area contributed by atoms with Gasteiger partial charge in [-0.05, 0) is 31.5 Å². The van der Waals surface area contributed by atoms with E-state index in [0.717, 1.165) is 33.4 Å². The molecular weight excluding hydrogens is 467 g/mol. The topological polar surface area (TPSA) is 60.3 Å². The Hall–Kier alpha value is -4.45. The van der Waals surface area contributed by atoms with Crippen LogP contribution in [0.2, 0.25) is 0 Å². The van der Waals surface area contributed by atoms with Gasteiger partial charge in [-0.3, -0.25) is 4.79 Å². The minimum atomic E-state index is -0.643. The number of ketones is 1. The van der Waals surface area contributed by atoms with Crippen LogP contribution in [-0.4, -0.2) is 23.4 Å². The van der Waals surface area contributed by atoms with Gasteiger partial charge in [0.25, 0.3) is 0 Å². The molecule has 1 N–H and O–H groups in total. The van der Waals surface area contributed by atoms with Crippen LogP contribution in [0.4, 0.5) is 4.39 Å². The number of hydrogen-bond donors (Lipinski definition) is 1. The zero-order chi connectivity index (χ0) is 25.8. The van der Waals surface area contributed by atoms with Crippen LogP contribution in [0, 0.1) is 12.7 Å². The molecule has 0 saturated heterocycles. The lowest BCUT2D eigenvalue weighted by atomic mass is 9.78. The van der Waals surface area contributed by atoms with Gasteiger partial charge in [0.15, 0.2) is 5.78 Å².